The molecule has 2 N–H and O–H groups in total. The van der Waals surface area contributed by atoms with Crippen LogP contribution >= 0.6 is 11.3 Å². The van der Waals surface area contributed by atoms with Gasteiger partial charge in [-0.1, -0.05) is 0 Å². The fourth-order valence-electron chi connectivity index (χ4n) is 1.74. The molecule has 1 unspecified atom stereocenters. The van der Waals surface area contributed by atoms with E-state index in [0.717, 1.165) is 24.2 Å². The predicted octanol–water partition coefficient (Wildman–Crippen LogP) is 0.440. The van der Waals surface area contributed by atoms with Gasteiger partial charge in [0.05, 0.1) is 18.4 Å². The van der Waals surface area contributed by atoms with Gasteiger partial charge < -0.3 is 9.84 Å². The lowest BCUT2D eigenvalue weighted by Crippen LogP contribution is -2.31. The van der Waals surface area contributed by atoms with Crippen molar-refractivity contribution >= 4 is 27.3 Å². The van der Waals surface area contributed by atoms with Gasteiger partial charge in [-0.15, -0.1) is 11.3 Å². The molecule has 0 aliphatic carbocycles. The van der Waals surface area contributed by atoms with Gasteiger partial charge in [0.1, 0.15) is 5.01 Å². The number of hydrogen-bond donors (Lipinski definition) is 2. The van der Waals surface area contributed by atoms with Crippen molar-refractivity contribution in [2.75, 3.05) is 12.4 Å². The first-order valence-corrected chi connectivity index (χ1v) is 8.26. The maximum absolute atomic E-state index is 11.8. The number of rotatable bonds is 6. The van der Waals surface area contributed by atoms with E-state index in [0.29, 0.717) is 11.6 Å². The molecule has 7 nitrogen and oxygen atoms in total. The Morgan fingerprint density at radius 3 is 3.00 bits per heavy atom. The summed E-state index contributed by atoms with van der Waals surface area (Å²) in [6.45, 7) is 0.613. The number of carboxylic acids is 1. The zero-order chi connectivity index (χ0) is 13.9. The molecule has 1 aromatic heterocycles. The van der Waals surface area contributed by atoms with Crippen LogP contribution in [0.15, 0.2) is 5.38 Å². The molecule has 1 aliphatic rings. The number of aromatic carboxylic acids is 1. The van der Waals surface area contributed by atoms with Crippen molar-refractivity contribution < 1.29 is 23.1 Å². The third-order valence-corrected chi connectivity index (χ3v) is 4.89. The van der Waals surface area contributed by atoms with Crippen LogP contribution in [0.2, 0.25) is 0 Å². The molecule has 0 saturated carbocycles. The lowest BCUT2D eigenvalue weighted by atomic mass is 10.3. The van der Waals surface area contributed by atoms with Crippen molar-refractivity contribution in [3.8, 4) is 0 Å². The topological polar surface area (TPSA) is 106 Å². The maximum Gasteiger partial charge on any atom is 0.355 e. The Morgan fingerprint density at radius 1 is 1.63 bits per heavy atom. The summed E-state index contributed by atoms with van der Waals surface area (Å²) in [4.78, 5) is 14.4. The Morgan fingerprint density at radius 2 is 2.42 bits per heavy atom. The van der Waals surface area contributed by atoms with Crippen LogP contribution in [0.3, 0.4) is 0 Å². The minimum Gasteiger partial charge on any atom is -0.476 e. The molecule has 106 valence electrons. The molecule has 0 bridgehead atoms. The lowest BCUT2D eigenvalue weighted by Gasteiger charge is -2.10. The van der Waals surface area contributed by atoms with Gasteiger partial charge in [-0.05, 0) is 12.8 Å². The first kappa shape index (κ1) is 14.4. The SMILES string of the molecule is O=C(O)c1csc(CNS(=O)(=O)CC2CCCO2)n1. The van der Waals surface area contributed by atoms with Gasteiger partial charge in [-0.2, -0.15) is 0 Å². The molecule has 1 fully saturated rings. The molecule has 0 aromatic carbocycles. The molecule has 1 aliphatic heterocycles. The number of thiazole rings is 1. The molecule has 0 amide bonds. The molecule has 19 heavy (non-hydrogen) atoms. The Hall–Kier alpha value is -1.03. The molecule has 1 aromatic rings. The summed E-state index contributed by atoms with van der Waals surface area (Å²) in [6, 6.07) is 0. The molecule has 0 radical (unpaired) electrons. The van der Waals surface area contributed by atoms with Crippen molar-refractivity contribution in [1.29, 1.82) is 0 Å². The summed E-state index contributed by atoms with van der Waals surface area (Å²) in [7, 11) is -3.43. The zero-order valence-electron chi connectivity index (χ0n) is 10.0. The van der Waals surface area contributed by atoms with E-state index in [2.05, 4.69) is 9.71 Å². The summed E-state index contributed by atoms with van der Waals surface area (Å²) in [6.07, 6.45) is 1.39. The molecular weight excluding hydrogens is 292 g/mol. The highest BCUT2D eigenvalue weighted by molar-refractivity contribution is 7.89. The Labute approximate surface area is 114 Å². The van der Waals surface area contributed by atoms with Gasteiger partial charge in [0.25, 0.3) is 0 Å². The van der Waals surface area contributed by atoms with E-state index < -0.39 is 16.0 Å². The number of carbonyl (C=O) groups is 1. The van der Waals surface area contributed by atoms with Gasteiger partial charge >= 0.3 is 5.97 Å². The fourth-order valence-corrected chi connectivity index (χ4v) is 3.77. The highest BCUT2D eigenvalue weighted by atomic mass is 32.2. The molecule has 2 rings (SSSR count). The molecule has 0 spiro atoms. The average molecular weight is 306 g/mol. The minimum absolute atomic E-state index is 0.00694. The second kappa shape index (κ2) is 5.95. The zero-order valence-corrected chi connectivity index (χ0v) is 11.7. The summed E-state index contributed by atoms with van der Waals surface area (Å²) in [5, 5.41) is 10.5. The number of hydrogen-bond acceptors (Lipinski definition) is 6. The van der Waals surface area contributed by atoms with Crippen LogP contribution in [0.5, 0.6) is 0 Å². The minimum atomic E-state index is -3.43. The smallest absolute Gasteiger partial charge is 0.355 e. The van der Waals surface area contributed by atoms with Crippen LogP contribution in [-0.2, 0) is 21.3 Å². The van der Waals surface area contributed by atoms with Crippen LogP contribution in [0.1, 0.15) is 28.3 Å². The third-order valence-electron chi connectivity index (χ3n) is 2.64. The van der Waals surface area contributed by atoms with Crippen molar-refractivity contribution in [2.45, 2.75) is 25.5 Å². The van der Waals surface area contributed by atoms with Crippen LogP contribution < -0.4 is 4.72 Å². The second-order valence-electron chi connectivity index (χ2n) is 4.17. The van der Waals surface area contributed by atoms with Crippen LogP contribution in [0.25, 0.3) is 0 Å². The van der Waals surface area contributed by atoms with Gasteiger partial charge in [0.2, 0.25) is 10.0 Å². The summed E-state index contributed by atoms with van der Waals surface area (Å²) < 4.78 is 31.2. The van der Waals surface area contributed by atoms with Crippen LogP contribution in [-0.4, -0.2) is 42.9 Å². The van der Waals surface area contributed by atoms with Crippen molar-refractivity contribution in [3.05, 3.63) is 16.1 Å². The van der Waals surface area contributed by atoms with E-state index in [9.17, 15) is 13.2 Å². The van der Waals surface area contributed by atoms with E-state index in [-0.39, 0.29) is 24.1 Å². The fraction of sp³-hybridized carbons (Fsp3) is 0.600. The van der Waals surface area contributed by atoms with E-state index in [4.69, 9.17) is 9.84 Å². The second-order valence-corrected chi connectivity index (χ2v) is 6.96. The van der Waals surface area contributed by atoms with Crippen molar-refractivity contribution in [2.24, 2.45) is 0 Å². The van der Waals surface area contributed by atoms with Crippen LogP contribution in [0.4, 0.5) is 0 Å². The van der Waals surface area contributed by atoms with Gasteiger partial charge in [0.15, 0.2) is 5.69 Å². The average Bonchev–Trinajstić information content (AvgIpc) is 2.96. The Kier molecular flexibility index (Phi) is 4.50. The van der Waals surface area contributed by atoms with E-state index in [1.807, 2.05) is 0 Å². The Balaban J connectivity index is 1.87. The van der Waals surface area contributed by atoms with E-state index in [1.54, 1.807) is 0 Å². The van der Waals surface area contributed by atoms with Gasteiger partial charge in [0, 0.05) is 12.0 Å². The summed E-state index contributed by atoms with van der Waals surface area (Å²) in [5.41, 5.74) is -0.0710. The number of sulfonamides is 1. The number of nitrogens with zero attached hydrogens (tertiary/aromatic N) is 1. The number of ether oxygens (including phenoxy) is 1. The molecule has 1 saturated heterocycles. The molecule has 9 heteroatoms. The van der Waals surface area contributed by atoms with E-state index >= 15 is 0 Å². The quantitative estimate of drug-likeness (QED) is 0.790. The maximum atomic E-state index is 11.8. The van der Waals surface area contributed by atoms with Crippen LogP contribution in [0, 0.1) is 0 Å². The third kappa shape index (κ3) is 4.23. The number of aromatic nitrogens is 1. The number of nitrogens with one attached hydrogen (secondary N) is 1. The van der Waals surface area contributed by atoms with Crippen molar-refractivity contribution in [3.63, 3.8) is 0 Å². The first-order chi connectivity index (χ1) is 8.96. The molecule has 2 heterocycles. The number of carboxylic acid groups (broad SMARTS) is 1. The predicted molar refractivity (Wildman–Crippen MR) is 68.7 cm³/mol. The standard InChI is InChI=1S/C10H14N2O5S2/c13-10(14)8-5-18-9(12-8)4-11-19(15,16)6-7-2-1-3-17-7/h5,7,11H,1-4,6H2,(H,13,14). The highest BCUT2D eigenvalue weighted by Crippen LogP contribution is 2.14. The largest absolute Gasteiger partial charge is 0.476 e. The normalized spacial score (nSPS) is 19.7. The van der Waals surface area contributed by atoms with Crippen molar-refractivity contribution in [1.82, 2.24) is 9.71 Å². The van der Waals surface area contributed by atoms with E-state index in [1.165, 1.54) is 5.38 Å². The summed E-state index contributed by atoms with van der Waals surface area (Å²) >= 11 is 1.11. The molecular formula is C10H14N2O5S2. The molecule has 1 atom stereocenters. The first-order valence-electron chi connectivity index (χ1n) is 5.73. The van der Waals surface area contributed by atoms with Gasteiger partial charge in [-0.3, -0.25) is 0 Å². The highest BCUT2D eigenvalue weighted by Gasteiger charge is 2.23. The Bertz CT molecular complexity index is 548. The summed E-state index contributed by atoms with van der Waals surface area (Å²) in [5.74, 6) is -1.19. The van der Waals surface area contributed by atoms with Gasteiger partial charge in [-0.25, -0.2) is 22.9 Å². The monoisotopic (exact) mass is 306 g/mol. The lowest BCUT2D eigenvalue weighted by molar-refractivity contribution is 0.0691.